The average Bonchev–Trinajstić information content (AvgIpc) is 2.47. The van der Waals surface area contributed by atoms with Crippen molar-refractivity contribution in [1.29, 1.82) is 0 Å². The van der Waals surface area contributed by atoms with Crippen molar-refractivity contribution >= 4 is 29.1 Å². The van der Waals surface area contributed by atoms with Crippen LogP contribution in [0.15, 0.2) is 0 Å². The molecule has 2 N–H and O–H groups in total. The summed E-state index contributed by atoms with van der Waals surface area (Å²) in [5.41, 5.74) is 5.70. The van der Waals surface area contributed by atoms with Crippen LogP contribution in [0.1, 0.15) is 71.1 Å². The third-order valence-electron chi connectivity index (χ3n) is 3.48. The zero-order chi connectivity index (χ0) is 15.1. The average molecular weight is 322 g/mol. The summed E-state index contributed by atoms with van der Waals surface area (Å²) in [5.74, 6) is 1.82. The second-order valence-electron chi connectivity index (χ2n) is 5.46. The van der Waals surface area contributed by atoms with Crippen LogP contribution in [0.2, 0.25) is 0 Å². The molecule has 4 heteroatoms. The van der Waals surface area contributed by atoms with Crippen molar-refractivity contribution in [3.63, 3.8) is 0 Å². The topological polar surface area (TPSA) is 43.1 Å². The first-order valence-corrected chi connectivity index (χ1v) is 9.83. The Kier molecular flexibility index (Phi) is 15.9. The number of unbranched alkanes of at least 4 members (excludes halogenated alkanes) is 9. The maximum absolute atomic E-state index is 11.2. The standard InChI is InChI=1S/C16H32ClNOS/c1-2-3-4-5-6-7-8-9-10-11-12-20-14-15(18)16(19)13-17/h15H,2-14,18H2,1H3/t15-/m0/s1. The van der Waals surface area contributed by atoms with E-state index in [9.17, 15) is 4.79 Å². The lowest BCUT2D eigenvalue weighted by atomic mass is 10.1. The molecule has 0 aliphatic heterocycles. The Morgan fingerprint density at radius 1 is 1.00 bits per heavy atom. The SMILES string of the molecule is CCCCCCCCCCCCSC[C@H](N)C(=O)CCl. The molecule has 0 unspecified atom stereocenters. The minimum absolute atomic E-state index is 0.0396. The summed E-state index contributed by atoms with van der Waals surface area (Å²) in [6.45, 7) is 2.26. The molecule has 0 aromatic rings. The largest absolute Gasteiger partial charge is 0.321 e. The van der Waals surface area contributed by atoms with Crippen molar-refractivity contribution in [2.75, 3.05) is 17.4 Å². The Morgan fingerprint density at radius 3 is 2.00 bits per heavy atom. The lowest BCUT2D eigenvalue weighted by Crippen LogP contribution is -2.33. The molecule has 0 amide bonds. The zero-order valence-electron chi connectivity index (χ0n) is 13.0. The number of thioether (sulfide) groups is 1. The molecule has 0 spiro atoms. The van der Waals surface area contributed by atoms with Crippen LogP contribution in [0.4, 0.5) is 0 Å². The highest BCUT2D eigenvalue weighted by Crippen LogP contribution is 2.12. The number of alkyl halides is 1. The van der Waals surface area contributed by atoms with E-state index in [1.807, 2.05) is 0 Å². The molecule has 0 heterocycles. The molecule has 20 heavy (non-hydrogen) atoms. The Labute approximate surface area is 134 Å². The van der Waals surface area contributed by atoms with E-state index in [0.717, 1.165) is 5.75 Å². The van der Waals surface area contributed by atoms with Gasteiger partial charge in [-0.3, -0.25) is 4.79 Å². The maximum Gasteiger partial charge on any atom is 0.165 e. The molecule has 0 aliphatic carbocycles. The molecular formula is C16H32ClNOS. The predicted octanol–water partition coefficient (Wildman–Crippen LogP) is 4.78. The van der Waals surface area contributed by atoms with Crippen molar-refractivity contribution in [2.45, 2.75) is 77.2 Å². The Hall–Kier alpha value is 0.270. The van der Waals surface area contributed by atoms with Gasteiger partial charge in [0.1, 0.15) is 0 Å². The van der Waals surface area contributed by atoms with E-state index >= 15 is 0 Å². The fourth-order valence-corrected chi connectivity index (χ4v) is 3.31. The summed E-state index contributed by atoms with van der Waals surface area (Å²) in [6.07, 6.45) is 13.6. The number of carbonyl (C=O) groups is 1. The monoisotopic (exact) mass is 321 g/mol. The van der Waals surface area contributed by atoms with Crippen LogP contribution >= 0.6 is 23.4 Å². The van der Waals surface area contributed by atoms with E-state index in [4.69, 9.17) is 17.3 Å². The number of carbonyl (C=O) groups excluding carboxylic acids is 1. The van der Waals surface area contributed by atoms with Gasteiger partial charge in [0.2, 0.25) is 0 Å². The molecule has 0 fully saturated rings. The van der Waals surface area contributed by atoms with Crippen LogP contribution < -0.4 is 5.73 Å². The zero-order valence-corrected chi connectivity index (χ0v) is 14.6. The molecule has 0 saturated heterocycles. The summed E-state index contributed by atoms with van der Waals surface area (Å²) in [5, 5.41) is 0. The fraction of sp³-hybridized carbons (Fsp3) is 0.938. The van der Waals surface area contributed by atoms with Crippen LogP contribution in [-0.4, -0.2) is 29.2 Å². The molecule has 0 radical (unpaired) electrons. The van der Waals surface area contributed by atoms with Gasteiger partial charge in [0, 0.05) is 5.75 Å². The van der Waals surface area contributed by atoms with Gasteiger partial charge in [-0.25, -0.2) is 0 Å². The maximum atomic E-state index is 11.2. The normalized spacial score (nSPS) is 12.6. The molecule has 0 rings (SSSR count). The first kappa shape index (κ1) is 20.3. The predicted molar refractivity (Wildman–Crippen MR) is 92.9 cm³/mol. The number of hydrogen-bond donors (Lipinski definition) is 1. The van der Waals surface area contributed by atoms with E-state index in [1.165, 1.54) is 64.2 Å². The molecule has 0 aliphatic rings. The molecular weight excluding hydrogens is 290 g/mol. The smallest absolute Gasteiger partial charge is 0.165 e. The number of Topliss-reactive ketones (excluding diaryl/α,β-unsaturated/α-hetero) is 1. The third-order valence-corrected chi connectivity index (χ3v) is 4.92. The molecule has 1 atom stereocenters. The second-order valence-corrected chi connectivity index (χ2v) is 6.88. The molecule has 0 bridgehead atoms. The molecule has 0 saturated carbocycles. The highest BCUT2D eigenvalue weighted by molar-refractivity contribution is 7.99. The van der Waals surface area contributed by atoms with Gasteiger partial charge >= 0.3 is 0 Å². The Bertz CT molecular complexity index is 227. The third kappa shape index (κ3) is 13.3. The first-order valence-electron chi connectivity index (χ1n) is 8.14. The quantitative estimate of drug-likeness (QED) is 0.349. The van der Waals surface area contributed by atoms with Crippen molar-refractivity contribution in [3.8, 4) is 0 Å². The van der Waals surface area contributed by atoms with Gasteiger partial charge in [0.05, 0.1) is 11.9 Å². The van der Waals surface area contributed by atoms with E-state index in [-0.39, 0.29) is 17.7 Å². The van der Waals surface area contributed by atoms with Gasteiger partial charge in [0.25, 0.3) is 0 Å². The Morgan fingerprint density at radius 2 is 1.50 bits per heavy atom. The summed E-state index contributed by atoms with van der Waals surface area (Å²) in [7, 11) is 0. The lowest BCUT2D eigenvalue weighted by molar-refractivity contribution is -0.117. The van der Waals surface area contributed by atoms with Crippen molar-refractivity contribution in [3.05, 3.63) is 0 Å². The minimum Gasteiger partial charge on any atom is -0.321 e. The van der Waals surface area contributed by atoms with Crippen LogP contribution in [0.5, 0.6) is 0 Å². The van der Waals surface area contributed by atoms with Crippen LogP contribution in [0.3, 0.4) is 0 Å². The number of rotatable bonds is 15. The molecule has 2 nitrogen and oxygen atoms in total. The van der Waals surface area contributed by atoms with Gasteiger partial charge in [-0.15, -0.1) is 11.6 Å². The van der Waals surface area contributed by atoms with Crippen LogP contribution in [-0.2, 0) is 4.79 Å². The van der Waals surface area contributed by atoms with E-state index in [2.05, 4.69) is 6.92 Å². The van der Waals surface area contributed by atoms with E-state index in [1.54, 1.807) is 11.8 Å². The minimum atomic E-state index is -0.374. The number of hydrogen-bond acceptors (Lipinski definition) is 3. The summed E-state index contributed by atoms with van der Waals surface area (Å²) in [6, 6.07) is -0.374. The summed E-state index contributed by atoms with van der Waals surface area (Å²) in [4.78, 5) is 11.2. The van der Waals surface area contributed by atoms with E-state index < -0.39 is 0 Å². The number of nitrogens with two attached hydrogens (primary N) is 1. The fourth-order valence-electron chi connectivity index (χ4n) is 2.09. The van der Waals surface area contributed by atoms with E-state index in [0.29, 0.717) is 5.75 Å². The lowest BCUT2D eigenvalue weighted by Gasteiger charge is -2.08. The Balaban J connectivity index is 3.11. The van der Waals surface area contributed by atoms with Gasteiger partial charge in [0.15, 0.2) is 5.78 Å². The molecule has 0 aromatic heterocycles. The van der Waals surface area contributed by atoms with Gasteiger partial charge in [-0.1, -0.05) is 64.7 Å². The van der Waals surface area contributed by atoms with Gasteiger partial charge < -0.3 is 5.73 Å². The van der Waals surface area contributed by atoms with Crippen molar-refractivity contribution < 1.29 is 4.79 Å². The summed E-state index contributed by atoms with van der Waals surface area (Å²) < 4.78 is 0. The second kappa shape index (κ2) is 15.7. The van der Waals surface area contributed by atoms with Crippen LogP contribution in [0, 0.1) is 0 Å². The molecule has 0 aromatic carbocycles. The van der Waals surface area contributed by atoms with Gasteiger partial charge in [-0.05, 0) is 12.2 Å². The molecule has 120 valence electrons. The van der Waals surface area contributed by atoms with Crippen molar-refractivity contribution in [2.24, 2.45) is 5.73 Å². The van der Waals surface area contributed by atoms with Crippen LogP contribution in [0.25, 0.3) is 0 Å². The first-order chi connectivity index (χ1) is 9.72. The highest BCUT2D eigenvalue weighted by Gasteiger charge is 2.11. The van der Waals surface area contributed by atoms with Gasteiger partial charge in [-0.2, -0.15) is 11.8 Å². The highest BCUT2D eigenvalue weighted by atomic mass is 35.5. The van der Waals surface area contributed by atoms with Crippen molar-refractivity contribution in [1.82, 2.24) is 0 Å². The number of halogens is 1. The number of ketones is 1. The summed E-state index contributed by atoms with van der Waals surface area (Å²) >= 11 is 7.24.